The van der Waals surface area contributed by atoms with Gasteiger partial charge in [-0.2, -0.15) is 0 Å². The van der Waals surface area contributed by atoms with Gasteiger partial charge in [-0.15, -0.1) is 11.3 Å². The fourth-order valence-corrected chi connectivity index (χ4v) is 4.40. The van der Waals surface area contributed by atoms with Crippen LogP contribution in [0, 0.1) is 5.92 Å². The average Bonchev–Trinajstić information content (AvgIpc) is 3.24. The highest BCUT2D eigenvalue weighted by atomic mass is 32.1. The Morgan fingerprint density at radius 1 is 1.33 bits per heavy atom. The van der Waals surface area contributed by atoms with Crippen molar-refractivity contribution in [3.8, 4) is 0 Å². The number of aromatic nitrogens is 1. The van der Waals surface area contributed by atoms with Crippen LogP contribution in [0.5, 0.6) is 0 Å². The molecule has 2 aromatic rings. The third-order valence-electron chi connectivity index (χ3n) is 4.41. The van der Waals surface area contributed by atoms with E-state index < -0.39 is 0 Å². The highest BCUT2D eigenvalue weighted by molar-refractivity contribution is 7.18. The molecule has 2 aliphatic rings. The van der Waals surface area contributed by atoms with E-state index in [1.165, 1.54) is 4.70 Å². The third kappa shape index (κ3) is 2.34. The summed E-state index contributed by atoms with van der Waals surface area (Å²) in [6, 6.07) is 8.36. The van der Waals surface area contributed by atoms with E-state index in [4.69, 9.17) is 9.72 Å². The Hall–Kier alpha value is -1.46. The van der Waals surface area contributed by atoms with Gasteiger partial charge in [0.1, 0.15) is 5.01 Å². The Morgan fingerprint density at radius 2 is 2.24 bits per heavy atom. The minimum atomic E-state index is 0.0555. The predicted molar refractivity (Wildman–Crippen MR) is 82.2 cm³/mol. The molecule has 1 amide bonds. The molecule has 0 aliphatic carbocycles. The largest absolute Gasteiger partial charge is 0.381 e. The van der Waals surface area contributed by atoms with Gasteiger partial charge in [-0.1, -0.05) is 12.1 Å². The predicted octanol–water partition coefficient (Wildman–Crippen LogP) is 3.00. The van der Waals surface area contributed by atoms with Crippen molar-refractivity contribution in [3.05, 3.63) is 29.3 Å². The van der Waals surface area contributed by atoms with Gasteiger partial charge in [-0.25, -0.2) is 4.98 Å². The van der Waals surface area contributed by atoms with Gasteiger partial charge >= 0.3 is 0 Å². The number of amides is 1. The highest BCUT2D eigenvalue weighted by Gasteiger charge is 2.36. The van der Waals surface area contributed by atoms with Crippen LogP contribution in [0.4, 0.5) is 0 Å². The zero-order valence-electron chi connectivity index (χ0n) is 11.8. The maximum absolute atomic E-state index is 12.7. The SMILES string of the molecule is O=C(C1CCOC1)N1CCCC1c1nc2ccccc2s1. The van der Waals surface area contributed by atoms with Gasteiger partial charge in [-0.3, -0.25) is 4.79 Å². The Kier molecular flexibility index (Phi) is 3.39. The molecule has 4 nitrogen and oxygen atoms in total. The number of ether oxygens (including phenoxy) is 1. The molecular weight excluding hydrogens is 284 g/mol. The molecule has 5 heteroatoms. The molecule has 1 aromatic heterocycles. The molecule has 0 spiro atoms. The van der Waals surface area contributed by atoms with Gasteiger partial charge < -0.3 is 9.64 Å². The van der Waals surface area contributed by atoms with Crippen LogP contribution in [0.3, 0.4) is 0 Å². The van der Waals surface area contributed by atoms with E-state index in [0.717, 1.165) is 42.9 Å². The molecule has 0 radical (unpaired) electrons. The smallest absolute Gasteiger partial charge is 0.228 e. The van der Waals surface area contributed by atoms with Crippen molar-refractivity contribution in [3.63, 3.8) is 0 Å². The number of carbonyl (C=O) groups is 1. The number of para-hydroxylation sites is 1. The number of nitrogens with zero attached hydrogens (tertiary/aromatic N) is 2. The molecule has 0 bridgehead atoms. The Balaban J connectivity index is 1.62. The van der Waals surface area contributed by atoms with Crippen molar-refractivity contribution < 1.29 is 9.53 Å². The Bertz CT molecular complexity index is 630. The van der Waals surface area contributed by atoms with Crippen molar-refractivity contribution in [1.29, 1.82) is 0 Å². The minimum Gasteiger partial charge on any atom is -0.381 e. The number of carbonyl (C=O) groups excluding carboxylic acids is 1. The van der Waals surface area contributed by atoms with E-state index in [2.05, 4.69) is 6.07 Å². The topological polar surface area (TPSA) is 42.4 Å². The lowest BCUT2D eigenvalue weighted by atomic mass is 10.1. The normalized spacial score (nSPS) is 25.8. The third-order valence-corrected chi connectivity index (χ3v) is 5.55. The van der Waals surface area contributed by atoms with E-state index in [1.807, 2.05) is 23.1 Å². The first-order chi connectivity index (χ1) is 10.3. The average molecular weight is 302 g/mol. The molecule has 21 heavy (non-hydrogen) atoms. The molecule has 2 fully saturated rings. The van der Waals surface area contributed by atoms with Crippen LogP contribution in [0.15, 0.2) is 24.3 Å². The van der Waals surface area contributed by atoms with Gasteiger partial charge in [-0.05, 0) is 31.4 Å². The van der Waals surface area contributed by atoms with Crippen molar-refractivity contribution in [1.82, 2.24) is 9.88 Å². The van der Waals surface area contributed by atoms with E-state index in [9.17, 15) is 4.79 Å². The summed E-state index contributed by atoms with van der Waals surface area (Å²) in [5.74, 6) is 0.314. The summed E-state index contributed by atoms with van der Waals surface area (Å²) in [7, 11) is 0. The number of fused-ring (bicyclic) bond motifs is 1. The van der Waals surface area contributed by atoms with Crippen LogP contribution >= 0.6 is 11.3 Å². The summed E-state index contributed by atoms with van der Waals surface area (Å²) in [6.45, 7) is 2.16. The minimum absolute atomic E-state index is 0.0555. The quantitative estimate of drug-likeness (QED) is 0.856. The van der Waals surface area contributed by atoms with Gasteiger partial charge in [0.2, 0.25) is 5.91 Å². The monoisotopic (exact) mass is 302 g/mol. The molecular formula is C16H18N2O2S. The second kappa shape index (κ2) is 5.39. The number of rotatable bonds is 2. The molecule has 1 aromatic carbocycles. The van der Waals surface area contributed by atoms with E-state index in [1.54, 1.807) is 11.3 Å². The lowest BCUT2D eigenvalue weighted by Crippen LogP contribution is -2.36. The standard InChI is InChI=1S/C16H18N2O2S/c19-16(11-7-9-20-10-11)18-8-3-5-13(18)15-17-12-4-1-2-6-14(12)21-15/h1-2,4,6,11,13H,3,5,7-10H2. The summed E-state index contributed by atoms with van der Waals surface area (Å²) in [4.78, 5) is 19.5. The van der Waals surface area contributed by atoms with Crippen LogP contribution in [-0.2, 0) is 9.53 Å². The van der Waals surface area contributed by atoms with Crippen molar-refractivity contribution in [2.24, 2.45) is 5.92 Å². The number of benzene rings is 1. The Labute approximate surface area is 127 Å². The van der Waals surface area contributed by atoms with E-state index >= 15 is 0 Å². The van der Waals surface area contributed by atoms with Crippen LogP contribution in [0.1, 0.15) is 30.3 Å². The molecule has 2 aliphatic heterocycles. The van der Waals surface area contributed by atoms with Crippen molar-refractivity contribution >= 4 is 27.5 Å². The van der Waals surface area contributed by atoms with E-state index in [-0.39, 0.29) is 17.9 Å². The van der Waals surface area contributed by atoms with Gasteiger partial charge in [0.05, 0.1) is 28.8 Å². The summed E-state index contributed by atoms with van der Waals surface area (Å²) in [6.07, 6.45) is 2.96. The van der Waals surface area contributed by atoms with Crippen molar-refractivity contribution in [2.45, 2.75) is 25.3 Å². The molecule has 2 atom stereocenters. The number of likely N-dealkylation sites (tertiary alicyclic amines) is 1. The van der Waals surface area contributed by atoms with E-state index in [0.29, 0.717) is 6.61 Å². The summed E-state index contributed by atoms with van der Waals surface area (Å²) < 4.78 is 6.57. The molecule has 0 saturated carbocycles. The molecule has 110 valence electrons. The van der Waals surface area contributed by atoms with Gasteiger partial charge in [0.15, 0.2) is 0 Å². The fourth-order valence-electron chi connectivity index (χ4n) is 3.28. The lowest BCUT2D eigenvalue weighted by Gasteiger charge is -2.25. The fraction of sp³-hybridized carbons (Fsp3) is 0.500. The zero-order valence-corrected chi connectivity index (χ0v) is 12.6. The zero-order chi connectivity index (χ0) is 14.2. The summed E-state index contributed by atoms with van der Waals surface area (Å²) in [5, 5.41) is 1.08. The van der Waals surface area contributed by atoms with Crippen LogP contribution in [0.2, 0.25) is 0 Å². The second-order valence-electron chi connectivity index (χ2n) is 5.77. The molecule has 3 heterocycles. The maximum atomic E-state index is 12.7. The number of hydrogen-bond donors (Lipinski definition) is 0. The van der Waals surface area contributed by atoms with Crippen LogP contribution in [0.25, 0.3) is 10.2 Å². The first-order valence-corrected chi connectivity index (χ1v) is 8.38. The second-order valence-corrected chi connectivity index (χ2v) is 6.83. The molecule has 2 saturated heterocycles. The highest BCUT2D eigenvalue weighted by Crippen LogP contribution is 2.37. The summed E-state index contributed by atoms with van der Waals surface area (Å²) in [5.41, 5.74) is 1.04. The first-order valence-electron chi connectivity index (χ1n) is 7.56. The number of thiazole rings is 1. The van der Waals surface area contributed by atoms with Gasteiger partial charge in [0, 0.05) is 13.2 Å². The van der Waals surface area contributed by atoms with Crippen molar-refractivity contribution in [2.75, 3.05) is 19.8 Å². The molecule has 0 N–H and O–H groups in total. The Morgan fingerprint density at radius 3 is 3.05 bits per heavy atom. The molecule has 4 rings (SSSR count). The summed E-state index contributed by atoms with van der Waals surface area (Å²) >= 11 is 1.72. The molecule has 2 unspecified atom stereocenters. The maximum Gasteiger partial charge on any atom is 0.228 e. The van der Waals surface area contributed by atoms with Gasteiger partial charge in [0.25, 0.3) is 0 Å². The van der Waals surface area contributed by atoms with Crippen LogP contribution in [-0.4, -0.2) is 35.5 Å². The number of hydrogen-bond acceptors (Lipinski definition) is 4. The first kappa shape index (κ1) is 13.2. The lowest BCUT2D eigenvalue weighted by molar-refractivity contribution is -0.136. The van der Waals surface area contributed by atoms with Crippen LogP contribution < -0.4 is 0 Å².